The van der Waals surface area contributed by atoms with Crippen LogP contribution in [0.25, 0.3) is 0 Å². The zero-order chi connectivity index (χ0) is 16.9. The molecule has 0 aliphatic rings. The number of aromatic nitrogens is 1. The third-order valence-corrected chi connectivity index (χ3v) is 3.50. The number of pyridine rings is 1. The predicted molar refractivity (Wildman–Crippen MR) is 93.2 cm³/mol. The van der Waals surface area contributed by atoms with E-state index in [2.05, 4.69) is 31.1 Å². The van der Waals surface area contributed by atoms with Crippen molar-refractivity contribution in [2.75, 3.05) is 7.11 Å². The van der Waals surface area contributed by atoms with Gasteiger partial charge in [0.1, 0.15) is 6.61 Å². The highest BCUT2D eigenvalue weighted by molar-refractivity contribution is 6.32. The summed E-state index contributed by atoms with van der Waals surface area (Å²) in [5.74, 6) is 1.18. The van der Waals surface area contributed by atoms with Gasteiger partial charge in [0, 0.05) is 30.0 Å². The Morgan fingerprint density at radius 2 is 2.00 bits per heavy atom. The van der Waals surface area contributed by atoms with E-state index in [1.54, 1.807) is 19.5 Å². The molecule has 4 nitrogen and oxygen atoms in total. The molecule has 0 saturated carbocycles. The molecule has 0 atom stereocenters. The number of halogens is 1. The molecule has 0 spiro atoms. The maximum atomic E-state index is 6.38. The van der Waals surface area contributed by atoms with Crippen molar-refractivity contribution in [3.63, 3.8) is 0 Å². The van der Waals surface area contributed by atoms with Crippen molar-refractivity contribution in [3.05, 3.63) is 52.8 Å². The fourth-order valence-electron chi connectivity index (χ4n) is 2.02. The standard InChI is InChI=1S/C18H23ClN2O2/c1-18(2,3)21-11-14-8-15(19)17(16(9-14)22-4)23-12-13-6-5-7-20-10-13/h5-10,21H,11-12H2,1-4H3. The second kappa shape index (κ2) is 7.66. The summed E-state index contributed by atoms with van der Waals surface area (Å²) in [6.45, 7) is 7.47. The second-order valence-electron chi connectivity index (χ2n) is 6.36. The molecule has 0 unspecified atom stereocenters. The fraction of sp³-hybridized carbons (Fsp3) is 0.389. The lowest BCUT2D eigenvalue weighted by Crippen LogP contribution is -2.35. The minimum Gasteiger partial charge on any atom is -0.493 e. The van der Waals surface area contributed by atoms with E-state index in [0.29, 0.717) is 29.7 Å². The average molecular weight is 335 g/mol. The van der Waals surface area contributed by atoms with E-state index in [9.17, 15) is 0 Å². The molecule has 0 amide bonds. The Labute approximate surface area is 142 Å². The largest absolute Gasteiger partial charge is 0.493 e. The van der Waals surface area contributed by atoms with Crippen molar-refractivity contribution < 1.29 is 9.47 Å². The molecule has 0 fully saturated rings. The Balaban J connectivity index is 2.13. The summed E-state index contributed by atoms with van der Waals surface area (Å²) in [4.78, 5) is 4.07. The van der Waals surface area contributed by atoms with Crippen molar-refractivity contribution in [3.8, 4) is 11.5 Å². The van der Waals surface area contributed by atoms with Crippen LogP contribution in [0.3, 0.4) is 0 Å². The molecule has 23 heavy (non-hydrogen) atoms. The van der Waals surface area contributed by atoms with Crippen LogP contribution in [0.2, 0.25) is 5.02 Å². The van der Waals surface area contributed by atoms with Gasteiger partial charge in [-0.25, -0.2) is 0 Å². The van der Waals surface area contributed by atoms with Gasteiger partial charge >= 0.3 is 0 Å². The Bertz CT molecular complexity index is 639. The Hall–Kier alpha value is -1.78. The Kier molecular flexibility index (Phi) is 5.85. The van der Waals surface area contributed by atoms with E-state index in [4.69, 9.17) is 21.1 Å². The van der Waals surface area contributed by atoms with Crippen molar-refractivity contribution in [2.24, 2.45) is 0 Å². The molecule has 1 aromatic heterocycles. The van der Waals surface area contributed by atoms with Crippen LogP contribution in [0.4, 0.5) is 0 Å². The van der Waals surface area contributed by atoms with E-state index in [1.165, 1.54) is 0 Å². The summed E-state index contributed by atoms with van der Waals surface area (Å²) in [5, 5.41) is 3.97. The molecule has 0 aliphatic heterocycles. The average Bonchev–Trinajstić information content (AvgIpc) is 2.51. The Morgan fingerprint density at radius 3 is 2.61 bits per heavy atom. The van der Waals surface area contributed by atoms with Gasteiger partial charge in [-0.15, -0.1) is 0 Å². The molecule has 0 radical (unpaired) electrons. The first-order valence-corrected chi connectivity index (χ1v) is 7.90. The molecular formula is C18H23ClN2O2. The zero-order valence-corrected chi connectivity index (χ0v) is 14.8. The van der Waals surface area contributed by atoms with Gasteiger partial charge in [0.05, 0.1) is 12.1 Å². The third kappa shape index (κ3) is 5.41. The van der Waals surface area contributed by atoms with Gasteiger partial charge < -0.3 is 14.8 Å². The number of hydrogen-bond acceptors (Lipinski definition) is 4. The first-order chi connectivity index (χ1) is 10.9. The Morgan fingerprint density at radius 1 is 1.22 bits per heavy atom. The number of rotatable bonds is 6. The molecule has 1 aromatic carbocycles. The molecule has 124 valence electrons. The van der Waals surface area contributed by atoms with Crippen LogP contribution in [0, 0.1) is 0 Å². The summed E-state index contributed by atoms with van der Waals surface area (Å²) < 4.78 is 11.3. The molecule has 0 aliphatic carbocycles. The minimum absolute atomic E-state index is 0.0369. The lowest BCUT2D eigenvalue weighted by atomic mass is 10.1. The van der Waals surface area contributed by atoms with Gasteiger partial charge in [0.2, 0.25) is 0 Å². The third-order valence-electron chi connectivity index (χ3n) is 3.22. The number of nitrogens with zero attached hydrogens (tertiary/aromatic N) is 1. The van der Waals surface area contributed by atoms with Gasteiger partial charge in [-0.2, -0.15) is 0 Å². The highest BCUT2D eigenvalue weighted by Crippen LogP contribution is 2.37. The minimum atomic E-state index is 0.0369. The number of ether oxygens (including phenoxy) is 2. The van der Waals surface area contributed by atoms with Crippen LogP contribution >= 0.6 is 11.6 Å². The second-order valence-corrected chi connectivity index (χ2v) is 6.77. The number of methoxy groups -OCH3 is 1. The van der Waals surface area contributed by atoms with Crippen LogP contribution in [-0.4, -0.2) is 17.6 Å². The topological polar surface area (TPSA) is 43.4 Å². The monoisotopic (exact) mass is 334 g/mol. The van der Waals surface area contributed by atoms with Crippen LogP contribution in [0.15, 0.2) is 36.7 Å². The van der Waals surface area contributed by atoms with Crippen molar-refractivity contribution in [1.29, 1.82) is 0 Å². The molecule has 1 heterocycles. The molecule has 1 N–H and O–H groups in total. The van der Waals surface area contributed by atoms with Crippen LogP contribution in [-0.2, 0) is 13.2 Å². The van der Waals surface area contributed by atoms with Gasteiger partial charge in [0.15, 0.2) is 11.5 Å². The van der Waals surface area contributed by atoms with Crippen LogP contribution in [0.1, 0.15) is 31.9 Å². The molecule has 5 heteroatoms. The van der Waals surface area contributed by atoms with E-state index in [-0.39, 0.29) is 5.54 Å². The zero-order valence-electron chi connectivity index (χ0n) is 14.0. The molecule has 2 aromatic rings. The fourth-order valence-corrected chi connectivity index (χ4v) is 2.31. The van der Waals surface area contributed by atoms with Crippen molar-refractivity contribution in [2.45, 2.75) is 39.5 Å². The maximum Gasteiger partial charge on any atom is 0.180 e. The quantitative estimate of drug-likeness (QED) is 0.859. The number of hydrogen-bond donors (Lipinski definition) is 1. The molecular weight excluding hydrogens is 312 g/mol. The van der Waals surface area contributed by atoms with E-state index in [0.717, 1.165) is 11.1 Å². The number of nitrogens with one attached hydrogen (secondary N) is 1. The number of benzene rings is 1. The summed E-state index contributed by atoms with van der Waals surface area (Å²) in [6, 6.07) is 7.68. The summed E-state index contributed by atoms with van der Waals surface area (Å²) in [7, 11) is 1.61. The lowest BCUT2D eigenvalue weighted by molar-refractivity contribution is 0.284. The highest BCUT2D eigenvalue weighted by Gasteiger charge is 2.14. The summed E-state index contributed by atoms with van der Waals surface area (Å²) in [6.07, 6.45) is 3.50. The van der Waals surface area contributed by atoms with Crippen LogP contribution in [0.5, 0.6) is 11.5 Å². The van der Waals surface area contributed by atoms with Crippen molar-refractivity contribution >= 4 is 11.6 Å². The lowest BCUT2D eigenvalue weighted by Gasteiger charge is -2.21. The van der Waals surface area contributed by atoms with E-state index < -0.39 is 0 Å². The SMILES string of the molecule is COc1cc(CNC(C)(C)C)cc(Cl)c1OCc1cccnc1. The van der Waals surface area contributed by atoms with E-state index in [1.807, 2.05) is 24.3 Å². The summed E-state index contributed by atoms with van der Waals surface area (Å²) >= 11 is 6.38. The normalized spacial score (nSPS) is 11.3. The van der Waals surface area contributed by atoms with Gasteiger partial charge in [-0.3, -0.25) is 4.98 Å². The highest BCUT2D eigenvalue weighted by atomic mass is 35.5. The van der Waals surface area contributed by atoms with Gasteiger partial charge in [-0.1, -0.05) is 17.7 Å². The summed E-state index contributed by atoms with van der Waals surface area (Å²) in [5.41, 5.74) is 2.06. The van der Waals surface area contributed by atoms with Gasteiger partial charge in [0.25, 0.3) is 0 Å². The molecule has 0 saturated heterocycles. The predicted octanol–water partition coefficient (Wildman–Crippen LogP) is 4.21. The first kappa shape index (κ1) is 17.6. The van der Waals surface area contributed by atoms with Gasteiger partial charge in [-0.05, 0) is 44.5 Å². The van der Waals surface area contributed by atoms with Crippen LogP contribution < -0.4 is 14.8 Å². The van der Waals surface area contributed by atoms with E-state index >= 15 is 0 Å². The maximum absolute atomic E-state index is 6.38. The smallest absolute Gasteiger partial charge is 0.180 e. The van der Waals surface area contributed by atoms with Crippen molar-refractivity contribution in [1.82, 2.24) is 10.3 Å². The molecule has 0 bridgehead atoms. The molecule has 2 rings (SSSR count). The first-order valence-electron chi connectivity index (χ1n) is 7.52.